The molecule has 6 heterocycles. The zero-order chi connectivity index (χ0) is 34.9. The number of nitrogens with zero attached hydrogens (tertiary/aromatic N) is 1. The third-order valence-corrected chi connectivity index (χ3v) is 13.2. The fourth-order valence-electron chi connectivity index (χ4n) is 8.49. The van der Waals surface area contributed by atoms with Crippen LogP contribution in [0, 0.1) is 0 Å². The molecule has 4 aromatic rings. The van der Waals surface area contributed by atoms with E-state index >= 15 is 0 Å². The number of pyridine rings is 1. The van der Waals surface area contributed by atoms with Crippen LogP contribution in [0.1, 0.15) is 79.2 Å². The number of ether oxygens (including phenoxy) is 2. The number of quaternary nitrogens is 1. The van der Waals surface area contributed by atoms with Gasteiger partial charge in [-0.15, -0.1) is 22.7 Å². The van der Waals surface area contributed by atoms with E-state index in [4.69, 9.17) is 9.47 Å². The topological polar surface area (TPSA) is 147 Å². The van der Waals surface area contributed by atoms with Gasteiger partial charge in [-0.05, 0) is 60.3 Å². The van der Waals surface area contributed by atoms with Crippen molar-refractivity contribution in [3.05, 3.63) is 85.0 Å². The molecule has 0 amide bonds. The number of hydrogen-bond donors (Lipinski definition) is 4. The van der Waals surface area contributed by atoms with Gasteiger partial charge in [-0.2, -0.15) is 0 Å². The maximum atomic E-state index is 13.6. The second-order valence-electron chi connectivity index (χ2n) is 14.4. The largest absolute Gasteiger partial charge is 0.871 e. The zero-order valence-corrected chi connectivity index (χ0v) is 30.1. The zero-order valence-electron chi connectivity index (χ0n) is 28.4. The van der Waals surface area contributed by atoms with E-state index in [9.17, 15) is 24.9 Å². The Morgan fingerprint density at radius 3 is 2.28 bits per heavy atom. The van der Waals surface area contributed by atoms with E-state index in [2.05, 4.69) is 17.3 Å². The Morgan fingerprint density at radius 2 is 1.64 bits per heavy atom. The van der Waals surface area contributed by atoms with E-state index in [0.29, 0.717) is 39.3 Å². The summed E-state index contributed by atoms with van der Waals surface area (Å²) in [7, 11) is 2.36. The maximum absolute atomic E-state index is 13.6. The lowest BCUT2D eigenvalue weighted by atomic mass is 9.94. The lowest BCUT2D eigenvalue weighted by Crippen LogP contribution is -2.63. The number of aliphatic hydroxyl groups excluding tert-OH is 1. The molecule has 2 bridgehead atoms. The summed E-state index contributed by atoms with van der Waals surface area (Å²) in [6.45, 7) is 2.30. The normalized spacial score (nSPS) is 26.2. The number of epoxide rings is 1. The number of carbonyl (C=O) groups excluding carboxylic acids is 1. The van der Waals surface area contributed by atoms with E-state index in [1.165, 1.54) is 66.9 Å². The Morgan fingerprint density at radius 1 is 1.00 bits per heavy atom. The van der Waals surface area contributed by atoms with Crippen molar-refractivity contribution in [3.8, 4) is 5.75 Å². The van der Waals surface area contributed by atoms with Gasteiger partial charge < -0.3 is 39.6 Å². The predicted octanol–water partition coefficient (Wildman–Crippen LogP) is 4.68. The number of hydrogen-bond acceptors (Lipinski definition) is 10. The minimum Gasteiger partial charge on any atom is -0.871 e. The second kappa shape index (κ2) is 14.9. The van der Waals surface area contributed by atoms with Gasteiger partial charge in [0, 0.05) is 36.4 Å². The van der Waals surface area contributed by atoms with Gasteiger partial charge in [-0.3, -0.25) is 4.79 Å². The number of aromatic nitrogens is 1. The first-order valence-electron chi connectivity index (χ1n) is 17.9. The molecule has 1 aromatic carbocycles. The average molecular weight is 722 g/mol. The number of aliphatic hydroxyl groups is 2. The molecule has 3 saturated heterocycles. The molecule has 4 N–H and O–H groups in total. The quantitative estimate of drug-likeness (QED) is 0.0532. The van der Waals surface area contributed by atoms with Gasteiger partial charge in [0.2, 0.25) is 11.2 Å². The minimum absolute atomic E-state index is 0.221. The molecule has 4 unspecified atom stereocenters. The fourth-order valence-corrected chi connectivity index (χ4v) is 10.2. The highest BCUT2D eigenvalue weighted by atomic mass is 32.1. The number of benzene rings is 1. The number of nitrogens with one attached hydrogen (secondary N) is 2. The lowest BCUT2D eigenvalue weighted by molar-refractivity contribution is -0.956. The number of H-pyrrole nitrogens is 1. The molecule has 0 aliphatic carbocycles. The van der Waals surface area contributed by atoms with Crippen molar-refractivity contribution in [1.82, 2.24) is 10.3 Å². The second-order valence-corrected chi connectivity index (χ2v) is 16.3. The van der Waals surface area contributed by atoms with Crippen LogP contribution >= 0.6 is 22.7 Å². The number of unbranched alkanes of at least 4 members (excludes halogenated alkanes) is 6. The van der Waals surface area contributed by atoms with Crippen LogP contribution in [0.4, 0.5) is 0 Å². The summed E-state index contributed by atoms with van der Waals surface area (Å²) in [5.41, 5.74) is -1.23. The van der Waals surface area contributed by atoms with Crippen LogP contribution in [0.5, 0.6) is 5.75 Å². The molecule has 3 aromatic heterocycles. The van der Waals surface area contributed by atoms with E-state index in [-0.39, 0.29) is 35.1 Å². The molecule has 3 fully saturated rings. The number of carbonyl (C=O) groups is 1. The first kappa shape index (κ1) is 35.3. The van der Waals surface area contributed by atoms with E-state index in [0.717, 1.165) is 43.3 Å². The van der Waals surface area contributed by atoms with E-state index in [1.54, 1.807) is 24.3 Å². The van der Waals surface area contributed by atoms with Crippen molar-refractivity contribution >= 4 is 39.5 Å². The monoisotopic (exact) mass is 721 g/mol. The predicted molar refractivity (Wildman–Crippen MR) is 192 cm³/mol. The van der Waals surface area contributed by atoms with Gasteiger partial charge in [0.15, 0.2) is 0 Å². The molecule has 268 valence electrons. The summed E-state index contributed by atoms with van der Waals surface area (Å²) in [6.07, 6.45) is 9.15. The highest BCUT2D eigenvalue weighted by Crippen LogP contribution is 2.53. The first-order chi connectivity index (χ1) is 24.2. The Hall–Kier alpha value is -3.10. The summed E-state index contributed by atoms with van der Waals surface area (Å²) < 4.78 is 13.2. The molecule has 5 atom stereocenters. The van der Waals surface area contributed by atoms with Gasteiger partial charge in [0.05, 0.1) is 29.5 Å². The van der Waals surface area contributed by atoms with Crippen molar-refractivity contribution in [1.29, 1.82) is 0 Å². The number of aromatic amines is 1. The van der Waals surface area contributed by atoms with Crippen LogP contribution in [0.15, 0.2) is 64.1 Å². The highest BCUT2D eigenvalue weighted by molar-refractivity contribution is 7.12. The smallest absolute Gasteiger partial charge is 0.349 e. The molecule has 7 rings (SSSR count). The van der Waals surface area contributed by atoms with Gasteiger partial charge in [0.1, 0.15) is 30.4 Å². The molecule has 3 aliphatic heterocycles. The van der Waals surface area contributed by atoms with E-state index in [1.807, 2.05) is 22.9 Å². The number of thiophene rings is 2. The first-order valence-corrected chi connectivity index (χ1v) is 19.7. The van der Waals surface area contributed by atoms with Crippen LogP contribution < -0.4 is 16.0 Å². The molecule has 10 nitrogen and oxygen atoms in total. The molecule has 12 heteroatoms. The third-order valence-electron chi connectivity index (χ3n) is 11.2. The Labute approximate surface area is 300 Å². The molecule has 3 aliphatic rings. The number of piperidine rings is 1. The summed E-state index contributed by atoms with van der Waals surface area (Å²) in [4.78, 5) is 29.0. The fraction of sp³-hybridized carbons (Fsp3) is 0.526. The van der Waals surface area contributed by atoms with Crippen molar-refractivity contribution in [2.45, 2.75) is 99.9 Å². The van der Waals surface area contributed by atoms with Crippen LogP contribution in [0.2, 0.25) is 0 Å². The van der Waals surface area contributed by atoms with Crippen molar-refractivity contribution in [2.75, 3.05) is 26.7 Å². The number of esters is 1. The Kier molecular flexibility index (Phi) is 10.5. The van der Waals surface area contributed by atoms with Crippen LogP contribution in [-0.4, -0.2) is 82.7 Å². The summed E-state index contributed by atoms with van der Waals surface area (Å²) in [5, 5.41) is 42.2. The SMILES string of the molecule is C[N+]1(CCCCCCCCCNC[C@H](O)c2ccc([O-])c3[nH]c(=O)ccc23)C2CC(OC(=O)C(O)(c3cccs3)c3cccs3)CC1C1OC12. The standard InChI is InChI=1S/C38H47N3O7S2/c1-41(18-8-6-4-2-3-5-7-17-39-23-30(43)25-13-15-29(42)34-26(25)14-16-33(44)40-34)27-21-24(22-28(41)36-35(27)48-36)47-37(45)38(46,31-11-9-19-49-31)32-12-10-20-50-32/h9-16,19-20,24,27-28,30,35-36,39,43,46H,2-8,17-18,21-23H2,1H3,(H-,40,42,44)/t24?,27?,28?,30-,35?,36?,41?/m0/s1. The molecular formula is C38H47N3O7S2. The van der Waals surface area contributed by atoms with Crippen molar-refractivity contribution in [2.24, 2.45) is 0 Å². The van der Waals surface area contributed by atoms with Gasteiger partial charge >= 0.3 is 5.97 Å². The Balaban J connectivity index is 0.797. The van der Waals surface area contributed by atoms with E-state index < -0.39 is 17.7 Å². The molecular weight excluding hydrogens is 675 g/mol. The number of fused-ring (bicyclic) bond motifs is 6. The average Bonchev–Trinajstić information content (AvgIpc) is 3.40. The summed E-state index contributed by atoms with van der Waals surface area (Å²) in [5.74, 6) is -0.836. The molecule has 0 saturated carbocycles. The number of morpholine rings is 1. The number of likely N-dealkylation sites (N-methyl/N-ethyl adjacent to an activating group) is 1. The molecule has 0 radical (unpaired) electrons. The van der Waals surface area contributed by atoms with Crippen molar-refractivity contribution in [3.63, 3.8) is 0 Å². The minimum atomic E-state index is -1.78. The van der Waals surface area contributed by atoms with Crippen LogP contribution in [0.25, 0.3) is 10.9 Å². The maximum Gasteiger partial charge on any atom is 0.349 e. The Bertz CT molecular complexity index is 1760. The highest BCUT2D eigenvalue weighted by Gasteiger charge is 2.72. The summed E-state index contributed by atoms with van der Waals surface area (Å²) >= 11 is 2.73. The lowest BCUT2D eigenvalue weighted by Gasteiger charge is -2.48. The number of rotatable bonds is 17. The van der Waals surface area contributed by atoms with Crippen LogP contribution in [-0.2, 0) is 19.9 Å². The third kappa shape index (κ3) is 6.91. The van der Waals surface area contributed by atoms with Gasteiger partial charge in [-0.1, -0.05) is 55.7 Å². The van der Waals surface area contributed by atoms with Crippen LogP contribution in [0.3, 0.4) is 0 Å². The summed E-state index contributed by atoms with van der Waals surface area (Å²) in [6, 6.07) is 13.9. The van der Waals surface area contributed by atoms with Crippen molar-refractivity contribution < 1.29 is 34.1 Å². The molecule has 0 spiro atoms. The van der Waals surface area contributed by atoms with Gasteiger partial charge in [0.25, 0.3) is 0 Å². The molecule has 50 heavy (non-hydrogen) atoms. The van der Waals surface area contributed by atoms with Gasteiger partial charge in [-0.25, -0.2) is 4.79 Å².